The number of nitriles is 1. The molecule has 3 aromatic rings. The van der Waals surface area contributed by atoms with Crippen molar-refractivity contribution >= 4 is 33.5 Å². The quantitative estimate of drug-likeness (QED) is 0.539. The maximum Gasteiger partial charge on any atom is 0.262 e. The first-order valence-corrected chi connectivity index (χ1v) is 9.52. The van der Waals surface area contributed by atoms with Crippen molar-refractivity contribution in [2.45, 2.75) is 18.9 Å². The molecule has 0 unspecified atom stereocenters. The normalized spacial score (nSPS) is 17.1. The van der Waals surface area contributed by atoms with Gasteiger partial charge in [-0.15, -0.1) is 11.3 Å². The Kier molecular flexibility index (Phi) is 5.01. The van der Waals surface area contributed by atoms with E-state index in [0.29, 0.717) is 18.1 Å². The predicted octanol–water partition coefficient (Wildman–Crippen LogP) is 3.76. The second-order valence-corrected chi connectivity index (χ2v) is 7.23. The van der Waals surface area contributed by atoms with Crippen molar-refractivity contribution in [1.82, 2.24) is 10.3 Å². The minimum atomic E-state index is -0.425. The fraction of sp³-hybridized carbons (Fsp3) is 0.250. The minimum Gasteiger partial charge on any atom is -0.454 e. The molecule has 27 heavy (non-hydrogen) atoms. The van der Waals surface area contributed by atoms with Crippen LogP contribution >= 0.6 is 11.3 Å². The van der Waals surface area contributed by atoms with Gasteiger partial charge in [0, 0.05) is 19.2 Å². The van der Waals surface area contributed by atoms with Crippen LogP contribution in [-0.2, 0) is 9.53 Å². The standard InChI is InChI=1S/C20H17N3O3S/c21-11-13(19(24)22-12-15-4-3-9-25-15)10-14-7-8-17(26-14)20-23-16-5-1-2-6-18(16)27-20/h1-2,5-8,10,15H,3-4,9,12H2,(H,22,24)/b13-10+/t15-/m0/s1. The van der Waals surface area contributed by atoms with E-state index in [9.17, 15) is 10.1 Å². The van der Waals surface area contributed by atoms with Gasteiger partial charge in [-0.2, -0.15) is 5.26 Å². The third-order valence-electron chi connectivity index (χ3n) is 4.30. The summed E-state index contributed by atoms with van der Waals surface area (Å²) in [6.45, 7) is 1.13. The van der Waals surface area contributed by atoms with Gasteiger partial charge in [0.15, 0.2) is 10.8 Å². The van der Waals surface area contributed by atoms with Crippen LogP contribution in [0.4, 0.5) is 0 Å². The van der Waals surface area contributed by atoms with Crippen molar-refractivity contribution in [3.63, 3.8) is 0 Å². The summed E-state index contributed by atoms with van der Waals surface area (Å²) in [6.07, 6.45) is 3.41. The van der Waals surface area contributed by atoms with Crippen LogP contribution in [0.2, 0.25) is 0 Å². The number of carbonyl (C=O) groups is 1. The van der Waals surface area contributed by atoms with E-state index < -0.39 is 5.91 Å². The number of amides is 1. The average molecular weight is 379 g/mol. The van der Waals surface area contributed by atoms with E-state index >= 15 is 0 Å². The summed E-state index contributed by atoms with van der Waals surface area (Å²) in [5.41, 5.74) is 0.912. The summed E-state index contributed by atoms with van der Waals surface area (Å²) in [4.78, 5) is 16.8. The Morgan fingerprint density at radius 1 is 1.37 bits per heavy atom. The number of rotatable bonds is 5. The van der Waals surface area contributed by atoms with Gasteiger partial charge >= 0.3 is 0 Å². The zero-order valence-electron chi connectivity index (χ0n) is 14.5. The summed E-state index contributed by atoms with van der Waals surface area (Å²) in [7, 11) is 0. The highest BCUT2D eigenvalue weighted by Gasteiger charge is 2.18. The second kappa shape index (κ2) is 7.74. The number of ether oxygens (including phenoxy) is 1. The average Bonchev–Trinajstić information content (AvgIpc) is 3.44. The number of nitrogens with one attached hydrogen (secondary N) is 1. The molecule has 1 aromatic carbocycles. The van der Waals surface area contributed by atoms with Gasteiger partial charge < -0.3 is 14.5 Å². The Balaban J connectivity index is 1.49. The first-order valence-electron chi connectivity index (χ1n) is 8.70. The van der Waals surface area contributed by atoms with Gasteiger partial charge in [0.1, 0.15) is 17.4 Å². The summed E-state index contributed by atoms with van der Waals surface area (Å²) >= 11 is 1.53. The number of thiazole rings is 1. The lowest BCUT2D eigenvalue weighted by atomic mass is 10.2. The molecule has 1 saturated heterocycles. The van der Waals surface area contributed by atoms with E-state index in [0.717, 1.165) is 34.7 Å². The van der Waals surface area contributed by atoms with Gasteiger partial charge in [-0.1, -0.05) is 12.1 Å². The zero-order chi connectivity index (χ0) is 18.6. The van der Waals surface area contributed by atoms with Crippen LogP contribution in [0.25, 0.3) is 27.1 Å². The molecule has 0 aliphatic carbocycles. The fourth-order valence-electron chi connectivity index (χ4n) is 2.92. The lowest BCUT2D eigenvalue weighted by Crippen LogP contribution is -2.32. The van der Waals surface area contributed by atoms with E-state index in [1.54, 1.807) is 12.1 Å². The summed E-state index contributed by atoms with van der Waals surface area (Å²) in [5.74, 6) is 0.624. The van der Waals surface area contributed by atoms with Crippen LogP contribution in [0.3, 0.4) is 0 Å². The molecule has 3 heterocycles. The number of benzene rings is 1. The molecule has 1 aliphatic rings. The van der Waals surface area contributed by atoms with Crippen LogP contribution in [0, 0.1) is 11.3 Å². The molecular formula is C20H17N3O3S. The SMILES string of the molecule is N#C/C(=C\c1ccc(-c2nc3ccccc3s2)o1)C(=O)NC[C@@H]1CCCO1. The molecular weight excluding hydrogens is 362 g/mol. The van der Waals surface area contributed by atoms with Crippen LogP contribution in [0.1, 0.15) is 18.6 Å². The molecule has 1 amide bonds. The number of fused-ring (bicyclic) bond motifs is 1. The van der Waals surface area contributed by atoms with Crippen LogP contribution in [0.5, 0.6) is 0 Å². The molecule has 0 bridgehead atoms. The maximum atomic E-state index is 12.2. The van der Waals surface area contributed by atoms with Crippen LogP contribution < -0.4 is 5.32 Å². The molecule has 0 radical (unpaired) electrons. The molecule has 4 rings (SSSR count). The molecule has 1 aliphatic heterocycles. The molecule has 136 valence electrons. The van der Waals surface area contributed by atoms with Crippen LogP contribution in [0.15, 0.2) is 46.4 Å². The highest BCUT2D eigenvalue weighted by atomic mass is 32.1. The smallest absolute Gasteiger partial charge is 0.262 e. The lowest BCUT2D eigenvalue weighted by Gasteiger charge is -2.09. The molecule has 0 spiro atoms. The second-order valence-electron chi connectivity index (χ2n) is 6.20. The minimum absolute atomic E-state index is 0.00167. The Bertz CT molecular complexity index is 1010. The lowest BCUT2D eigenvalue weighted by molar-refractivity contribution is -0.117. The molecule has 2 aromatic heterocycles. The van der Waals surface area contributed by atoms with Gasteiger partial charge in [-0.05, 0) is 37.1 Å². The molecule has 1 fully saturated rings. The third-order valence-corrected chi connectivity index (χ3v) is 5.35. The Labute approximate surface area is 160 Å². The van der Waals surface area contributed by atoms with E-state index in [4.69, 9.17) is 9.15 Å². The van der Waals surface area contributed by atoms with Gasteiger partial charge in [0.25, 0.3) is 5.91 Å². The Morgan fingerprint density at radius 3 is 3.04 bits per heavy atom. The number of nitrogens with zero attached hydrogens (tertiary/aromatic N) is 2. The summed E-state index contributed by atoms with van der Waals surface area (Å²) in [5, 5.41) is 12.8. The van der Waals surface area contributed by atoms with Crippen molar-refractivity contribution in [3.8, 4) is 16.8 Å². The zero-order valence-corrected chi connectivity index (χ0v) is 15.3. The van der Waals surface area contributed by atoms with Gasteiger partial charge in [-0.25, -0.2) is 4.98 Å². The van der Waals surface area contributed by atoms with Crippen LogP contribution in [-0.4, -0.2) is 30.1 Å². The highest BCUT2D eigenvalue weighted by Crippen LogP contribution is 2.31. The first kappa shape index (κ1) is 17.5. The fourth-order valence-corrected chi connectivity index (χ4v) is 3.85. The number of para-hydroxylation sites is 1. The molecule has 0 saturated carbocycles. The highest BCUT2D eigenvalue weighted by molar-refractivity contribution is 7.21. The van der Waals surface area contributed by atoms with Crippen molar-refractivity contribution < 1.29 is 13.9 Å². The topological polar surface area (TPSA) is 88.2 Å². The maximum absolute atomic E-state index is 12.2. The van der Waals surface area contributed by atoms with Gasteiger partial charge in [-0.3, -0.25) is 4.79 Å². The monoisotopic (exact) mass is 379 g/mol. The molecule has 1 atom stereocenters. The van der Waals surface area contributed by atoms with Crippen molar-refractivity contribution in [2.75, 3.05) is 13.2 Å². The number of hydrogen-bond donors (Lipinski definition) is 1. The first-order chi connectivity index (χ1) is 13.2. The predicted molar refractivity (Wildman–Crippen MR) is 103 cm³/mol. The largest absolute Gasteiger partial charge is 0.454 e. The van der Waals surface area contributed by atoms with Gasteiger partial charge in [0.2, 0.25) is 0 Å². The van der Waals surface area contributed by atoms with Crippen molar-refractivity contribution in [1.29, 1.82) is 5.26 Å². The molecule has 6 nitrogen and oxygen atoms in total. The third kappa shape index (κ3) is 3.92. The summed E-state index contributed by atoms with van der Waals surface area (Å²) in [6, 6.07) is 13.3. The van der Waals surface area contributed by atoms with E-state index in [1.807, 2.05) is 30.3 Å². The molecule has 1 N–H and O–H groups in total. The number of aromatic nitrogens is 1. The summed E-state index contributed by atoms with van der Waals surface area (Å²) < 4.78 is 12.3. The molecule has 7 heteroatoms. The Morgan fingerprint density at radius 2 is 2.26 bits per heavy atom. The van der Waals surface area contributed by atoms with Gasteiger partial charge in [0.05, 0.1) is 16.3 Å². The van der Waals surface area contributed by atoms with E-state index in [1.165, 1.54) is 17.4 Å². The van der Waals surface area contributed by atoms with E-state index in [2.05, 4.69) is 10.3 Å². The van der Waals surface area contributed by atoms with Crippen molar-refractivity contribution in [3.05, 3.63) is 47.7 Å². The Hall–Kier alpha value is -2.95. The van der Waals surface area contributed by atoms with E-state index in [-0.39, 0.29) is 11.7 Å². The number of carbonyl (C=O) groups excluding carboxylic acids is 1. The number of hydrogen-bond acceptors (Lipinski definition) is 6. The number of furan rings is 1. The van der Waals surface area contributed by atoms with Crippen molar-refractivity contribution in [2.24, 2.45) is 0 Å².